The number of hydrogen-bond donors (Lipinski definition) is 1. The average Bonchev–Trinajstić information content (AvgIpc) is 2.48. The van der Waals surface area contributed by atoms with E-state index in [1.54, 1.807) is 19.3 Å². The van der Waals surface area contributed by atoms with Crippen molar-refractivity contribution in [2.45, 2.75) is 19.8 Å². The van der Waals surface area contributed by atoms with Gasteiger partial charge in [0, 0.05) is 5.92 Å². The molecule has 1 aromatic rings. The van der Waals surface area contributed by atoms with Crippen molar-refractivity contribution in [2.75, 3.05) is 0 Å². The SMILES string of the molecule is CC(C(=O)O)C(C)c1occc1Br. The van der Waals surface area contributed by atoms with Gasteiger partial charge in [0.25, 0.3) is 0 Å². The number of carboxylic acids is 1. The van der Waals surface area contributed by atoms with E-state index < -0.39 is 11.9 Å². The van der Waals surface area contributed by atoms with Gasteiger partial charge in [-0.15, -0.1) is 0 Å². The molecule has 0 spiro atoms. The number of halogens is 1. The van der Waals surface area contributed by atoms with Gasteiger partial charge in [-0.2, -0.15) is 0 Å². The van der Waals surface area contributed by atoms with Gasteiger partial charge in [0.1, 0.15) is 5.76 Å². The summed E-state index contributed by atoms with van der Waals surface area (Å²) in [5, 5.41) is 8.79. The predicted molar refractivity (Wildman–Crippen MR) is 51.6 cm³/mol. The number of carbonyl (C=O) groups is 1. The van der Waals surface area contributed by atoms with Gasteiger partial charge < -0.3 is 9.52 Å². The van der Waals surface area contributed by atoms with Crippen LogP contribution in [-0.2, 0) is 4.79 Å². The van der Waals surface area contributed by atoms with E-state index in [9.17, 15) is 4.79 Å². The molecule has 0 aliphatic carbocycles. The summed E-state index contributed by atoms with van der Waals surface area (Å²) in [5.41, 5.74) is 0. The monoisotopic (exact) mass is 246 g/mol. The Morgan fingerprint density at radius 1 is 1.62 bits per heavy atom. The van der Waals surface area contributed by atoms with E-state index >= 15 is 0 Å². The molecule has 0 amide bonds. The second-order valence-corrected chi connectivity index (χ2v) is 3.90. The van der Waals surface area contributed by atoms with Gasteiger partial charge >= 0.3 is 5.97 Å². The molecule has 0 aromatic carbocycles. The van der Waals surface area contributed by atoms with Crippen LogP contribution in [0.15, 0.2) is 21.2 Å². The van der Waals surface area contributed by atoms with E-state index in [1.165, 1.54) is 0 Å². The van der Waals surface area contributed by atoms with Gasteiger partial charge in [-0.05, 0) is 22.0 Å². The molecule has 2 unspecified atom stereocenters. The molecule has 1 heterocycles. The molecule has 0 saturated heterocycles. The first-order valence-corrected chi connectivity index (χ1v) is 4.79. The van der Waals surface area contributed by atoms with Gasteiger partial charge in [-0.1, -0.05) is 13.8 Å². The van der Waals surface area contributed by atoms with Crippen molar-refractivity contribution in [3.8, 4) is 0 Å². The zero-order chi connectivity index (χ0) is 10.0. The molecule has 0 aliphatic heterocycles. The first-order valence-electron chi connectivity index (χ1n) is 3.99. The lowest BCUT2D eigenvalue weighted by Crippen LogP contribution is -2.16. The topological polar surface area (TPSA) is 50.4 Å². The zero-order valence-electron chi connectivity index (χ0n) is 7.45. The number of furan rings is 1. The van der Waals surface area contributed by atoms with Crippen molar-refractivity contribution >= 4 is 21.9 Å². The third kappa shape index (κ3) is 2.12. The normalized spacial score (nSPS) is 15.3. The molecule has 1 rings (SSSR count). The Labute approximate surface area is 84.9 Å². The van der Waals surface area contributed by atoms with Crippen molar-refractivity contribution in [3.05, 3.63) is 22.6 Å². The molecular weight excluding hydrogens is 236 g/mol. The molecule has 4 heteroatoms. The van der Waals surface area contributed by atoms with Crippen molar-refractivity contribution < 1.29 is 14.3 Å². The largest absolute Gasteiger partial charge is 0.481 e. The highest BCUT2D eigenvalue weighted by Gasteiger charge is 2.24. The van der Waals surface area contributed by atoms with Crippen LogP contribution in [0.5, 0.6) is 0 Å². The molecular formula is C9H11BrO3. The molecule has 2 atom stereocenters. The Kier molecular flexibility index (Phi) is 3.14. The molecule has 13 heavy (non-hydrogen) atoms. The summed E-state index contributed by atoms with van der Waals surface area (Å²) in [6, 6.07) is 1.76. The maximum absolute atomic E-state index is 10.7. The van der Waals surface area contributed by atoms with Gasteiger partial charge in [0.15, 0.2) is 0 Å². The molecule has 0 fully saturated rings. The lowest BCUT2D eigenvalue weighted by atomic mass is 9.94. The van der Waals surface area contributed by atoms with E-state index in [2.05, 4.69) is 15.9 Å². The van der Waals surface area contributed by atoms with Crippen LogP contribution in [0, 0.1) is 5.92 Å². The third-order valence-electron chi connectivity index (χ3n) is 2.20. The van der Waals surface area contributed by atoms with Gasteiger partial charge in [0.05, 0.1) is 16.7 Å². The minimum Gasteiger partial charge on any atom is -0.481 e. The highest BCUT2D eigenvalue weighted by Crippen LogP contribution is 2.30. The Hall–Kier alpha value is -0.770. The maximum atomic E-state index is 10.7. The van der Waals surface area contributed by atoms with Crippen LogP contribution in [0.4, 0.5) is 0 Å². The van der Waals surface area contributed by atoms with Crippen LogP contribution in [0.2, 0.25) is 0 Å². The van der Waals surface area contributed by atoms with Crippen LogP contribution < -0.4 is 0 Å². The fraction of sp³-hybridized carbons (Fsp3) is 0.444. The molecule has 0 saturated carbocycles. The molecule has 0 radical (unpaired) electrons. The van der Waals surface area contributed by atoms with Crippen molar-refractivity contribution in [2.24, 2.45) is 5.92 Å². The smallest absolute Gasteiger partial charge is 0.306 e. The lowest BCUT2D eigenvalue weighted by Gasteiger charge is -2.13. The Morgan fingerprint density at radius 3 is 2.62 bits per heavy atom. The summed E-state index contributed by atoms with van der Waals surface area (Å²) < 4.78 is 6.01. The summed E-state index contributed by atoms with van der Waals surface area (Å²) in [5.74, 6) is -0.685. The van der Waals surface area contributed by atoms with Crippen molar-refractivity contribution in [1.82, 2.24) is 0 Å². The van der Waals surface area contributed by atoms with Crippen LogP contribution in [0.3, 0.4) is 0 Å². The molecule has 1 aromatic heterocycles. The van der Waals surface area contributed by atoms with Crippen LogP contribution in [-0.4, -0.2) is 11.1 Å². The lowest BCUT2D eigenvalue weighted by molar-refractivity contribution is -0.141. The molecule has 3 nitrogen and oxygen atoms in total. The highest BCUT2D eigenvalue weighted by atomic mass is 79.9. The van der Waals surface area contributed by atoms with Crippen LogP contribution in [0.1, 0.15) is 25.5 Å². The van der Waals surface area contributed by atoms with Crippen LogP contribution in [0.25, 0.3) is 0 Å². The van der Waals surface area contributed by atoms with Gasteiger partial charge in [-0.3, -0.25) is 4.79 Å². The fourth-order valence-electron chi connectivity index (χ4n) is 1.07. The van der Waals surface area contributed by atoms with Crippen LogP contribution >= 0.6 is 15.9 Å². The van der Waals surface area contributed by atoms with Crippen molar-refractivity contribution in [3.63, 3.8) is 0 Å². The molecule has 72 valence electrons. The van der Waals surface area contributed by atoms with Crippen molar-refractivity contribution in [1.29, 1.82) is 0 Å². The van der Waals surface area contributed by atoms with E-state index in [-0.39, 0.29) is 5.92 Å². The summed E-state index contributed by atoms with van der Waals surface area (Å²) in [6.45, 7) is 3.50. The quantitative estimate of drug-likeness (QED) is 0.893. The summed E-state index contributed by atoms with van der Waals surface area (Å²) in [7, 11) is 0. The standard InChI is InChI=1S/C9H11BrO3/c1-5(6(2)9(11)12)8-7(10)3-4-13-8/h3-6H,1-2H3,(H,11,12). The number of hydrogen-bond acceptors (Lipinski definition) is 2. The molecule has 0 aliphatic rings. The van der Waals surface area contributed by atoms with E-state index in [4.69, 9.17) is 9.52 Å². The fourth-order valence-corrected chi connectivity index (χ4v) is 1.63. The number of rotatable bonds is 3. The Balaban J connectivity index is 2.85. The molecule has 0 bridgehead atoms. The maximum Gasteiger partial charge on any atom is 0.306 e. The summed E-state index contributed by atoms with van der Waals surface area (Å²) in [6.07, 6.45) is 1.55. The Morgan fingerprint density at radius 2 is 2.23 bits per heavy atom. The van der Waals surface area contributed by atoms with E-state index in [1.807, 2.05) is 6.92 Å². The first-order chi connectivity index (χ1) is 6.04. The second-order valence-electron chi connectivity index (χ2n) is 3.05. The minimum absolute atomic E-state index is 0.123. The first kappa shape index (κ1) is 10.3. The summed E-state index contributed by atoms with van der Waals surface area (Å²) in [4.78, 5) is 10.7. The summed E-state index contributed by atoms with van der Waals surface area (Å²) >= 11 is 3.30. The zero-order valence-corrected chi connectivity index (χ0v) is 9.04. The van der Waals surface area contributed by atoms with Gasteiger partial charge in [0.2, 0.25) is 0 Å². The molecule has 1 N–H and O–H groups in total. The predicted octanol–water partition coefficient (Wildman–Crippen LogP) is 2.87. The third-order valence-corrected chi connectivity index (χ3v) is 2.85. The number of carboxylic acid groups (broad SMARTS) is 1. The van der Waals surface area contributed by atoms with E-state index in [0.717, 1.165) is 4.47 Å². The average molecular weight is 247 g/mol. The Bertz CT molecular complexity index is 306. The van der Waals surface area contributed by atoms with Gasteiger partial charge in [-0.25, -0.2) is 0 Å². The second kappa shape index (κ2) is 3.96. The number of aliphatic carboxylic acids is 1. The minimum atomic E-state index is -0.809. The highest BCUT2D eigenvalue weighted by molar-refractivity contribution is 9.10. The van der Waals surface area contributed by atoms with E-state index in [0.29, 0.717) is 5.76 Å².